The van der Waals surface area contributed by atoms with Gasteiger partial charge in [0.05, 0.1) is 0 Å². The number of ether oxygens (including phenoxy) is 1. The molecule has 2 aromatic carbocycles. The Morgan fingerprint density at radius 3 is 2.75 bits per heavy atom. The zero-order chi connectivity index (χ0) is 14.0. The molecule has 0 aliphatic carbocycles. The van der Waals surface area contributed by atoms with Gasteiger partial charge in [0, 0.05) is 12.1 Å². The molecular formula is C14H13NO4S. The molecule has 0 spiro atoms. The minimum atomic E-state index is -3.66. The highest BCUT2D eigenvalue weighted by molar-refractivity contribution is 7.85. The summed E-state index contributed by atoms with van der Waals surface area (Å²) in [5, 5.41) is 0. The van der Waals surface area contributed by atoms with Gasteiger partial charge in [0.1, 0.15) is 18.1 Å². The Labute approximate surface area is 117 Å². The zero-order valence-electron chi connectivity index (χ0n) is 10.6. The molecule has 0 atom stereocenters. The molecular weight excluding hydrogens is 278 g/mol. The van der Waals surface area contributed by atoms with Gasteiger partial charge in [-0.05, 0) is 23.8 Å². The fourth-order valence-corrected chi connectivity index (χ4v) is 2.71. The van der Waals surface area contributed by atoms with E-state index in [0.717, 1.165) is 11.1 Å². The van der Waals surface area contributed by atoms with E-state index in [1.165, 1.54) is 0 Å². The lowest BCUT2D eigenvalue weighted by Crippen LogP contribution is -2.32. The molecule has 5 nitrogen and oxygen atoms in total. The summed E-state index contributed by atoms with van der Waals surface area (Å²) in [4.78, 5) is 0. The molecule has 3 rings (SSSR count). The van der Waals surface area contributed by atoms with Crippen molar-refractivity contribution in [1.29, 1.82) is 0 Å². The van der Waals surface area contributed by atoms with Crippen molar-refractivity contribution in [2.45, 2.75) is 13.2 Å². The normalized spacial score (nSPS) is 16.0. The monoisotopic (exact) mass is 291 g/mol. The first-order valence-electron chi connectivity index (χ1n) is 6.11. The summed E-state index contributed by atoms with van der Waals surface area (Å²) >= 11 is 0. The number of fused-ring (bicyclic) bond motifs is 1. The second kappa shape index (κ2) is 5.15. The Bertz CT molecular complexity index is 713. The Kier molecular flexibility index (Phi) is 3.33. The lowest BCUT2D eigenvalue weighted by Gasteiger charge is -2.18. The lowest BCUT2D eigenvalue weighted by atomic mass is 10.2. The van der Waals surface area contributed by atoms with Crippen LogP contribution < -0.4 is 13.6 Å². The molecule has 6 heteroatoms. The Hall–Kier alpha value is -2.05. The quantitative estimate of drug-likeness (QED) is 0.939. The third-order valence-corrected chi connectivity index (χ3v) is 3.82. The Balaban J connectivity index is 1.73. The SMILES string of the molecule is O=S1(=O)NCc2cc(OCc3ccccc3)ccc2O1. The van der Waals surface area contributed by atoms with E-state index in [-0.39, 0.29) is 6.54 Å². The topological polar surface area (TPSA) is 64.6 Å². The largest absolute Gasteiger partial charge is 0.489 e. The molecule has 0 unspecified atom stereocenters. The van der Waals surface area contributed by atoms with Gasteiger partial charge in [-0.25, -0.2) is 0 Å². The number of hydrogen-bond acceptors (Lipinski definition) is 4. The third-order valence-electron chi connectivity index (χ3n) is 2.92. The van der Waals surface area contributed by atoms with Gasteiger partial charge in [-0.15, -0.1) is 0 Å². The zero-order valence-corrected chi connectivity index (χ0v) is 11.4. The van der Waals surface area contributed by atoms with Gasteiger partial charge < -0.3 is 8.92 Å². The van der Waals surface area contributed by atoms with E-state index in [1.54, 1.807) is 18.2 Å². The molecule has 1 aliphatic heterocycles. The van der Waals surface area contributed by atoms with Crippen LogP contribution in [0.2, 0.25) is 0 Å². The fourth-order valence-electron chi connectivity index (χ4n) is 1.92. The van der Waals surface area contributed by atoms with Crippen molar-refractivity contribution in [1.82, 2.24) is 4.72 Å². The van der Waals surface area contributed by atoms with Crippen molar-refractivity contribution in [2.24, 2.45) is 0 Å². The van der Waals surface area contributed by atoms with Gasteiger partial charge in [0.25, 0.3) is 0 Å². The van der Waals surface area contributed by atoms with Crippen LogP contribution >= 0.6 is 0 Å². The standard InChI is InChI=1S/C14H13NO4S/c16-20(17)15-9-12-8-13(6-7-14(12)19-20)18-10-11-4-2-1-3-5-11/h1-8,15H,9-10H2. The van der Waals surface area contributed by atoms with E-state index in [0.29, 0.717) is 18.1 Å². The maximum absolute atomic E-state index is 11.2. The van der Waals surface area contributed by atoms with Crippen LogP contribution in [-0.4, -0.2) is 8.42 Å². The molecule has 104 valence electrons. The molecule has 0 saturated heterocycles. The van der Waals surface area contributed by atoms with Gasteiger partial charge in [0.2, 0.25) is 0 Å². The predicted molar refractivity (Wildman–Crippen MR) is 73.6 cm³/mol. The van der Waals surface area contributed by atoms with Crippen molar-refractivity contribution in [3.05, 3.63) is 59.7 Å². The van der Waals surface area contributed by atoms with Crippen LogP contribution in [0.4, 0.5) is 0 Å². The van der Waals surface area contributed by atoms with E-state index in [1.807, 2.05) is 30.3 Å². The summed E-state index contributed by atoms with van der Waals surface area (Å²) in [6.07, 6.45) is 0. The summed E-state index contributed by atoms with van der Waals surface area (Å²) in [6, 6.07) is 14.9. The number of benzene rings is 2. The van der Waals surface area contributed by atoms with Crippen LogP contribution in [-0.2, 0) is 23.5 Å². The highest BCUT2D eigenvalue weighted by Crippen LogP contribution is 2.28. The molecule has 1 aliphatic rings. The molecule has 0 amide bonds. The van der Waals surface area contributed by atoms with Crippen LogP contribution in [0, 0.1) is 0 Å². The third kappa shape index (κ3) is 2.92. The molecule has 0 fully saturated rings. The fraction of sp³-hybridized carbons (Fsp3) is 0.143. The molecule has 2 aromatic rings. The van der Waals surface area contributed by atoms with Crippen LogP contribution in [0.15, 0.2) is 48.5 Å². The van der Waals surface area contributed by atoms with Gasteiger partial charge in [0.15, 0.2) is 0 Å². The molecule has 0 bridgehead atoms. The predicted octanol–water partition coefficient (Wildman–Crippen LogP) is 1.99. The molecule has 0 saturated carbocycles. The average molecular weight is 291 g/mol. The summed E-state index contributed by atoms with van der Waals surface area (Å²) < 4.78 is 35.3. The molecule has 1 heterocycles. The van der Waals surface area contributed by atoms with Gasteiger partial charge in [-0.1, -0.05) is 30.3 Å². The summed E-state index contributed by atoms with van der Waals surface area (Å²) in [5.41, 5.74) is 1.83. The van der Waals surface area contributed by atoms with E-state index in [2.05, 4.69) is 4.72 Å². The molecule has 0 radical (unpaired) electrons. The molecule has 1 N–H and O–H groups in total. The minimum Gasteiger partial charge on any atom is -0.489 e. The smallest absolute Gasteiger partial charge is 0.382 e. The summed E-state index contributed by atoms with van der Waals surface area (Å²) in [5.74, 6) is 1.02. The number of rotatable bonds is 3. The van der Waals surface area contributed by atoms with E-state index < -0.39 is 10.3 Å². The van der Waals surface area contributed by atoms with Crippen molar-refractivity contribution in [3.63, 3.8) is 0 Å². The highest BCUT2D eigenvalue weighted by atomic mass is 32.2. The van der Waals surface area contributed by atoms with Crippen LogP contribution in [0.5, 0.6) is 11.5 Å². The Morgan fingerprint density at radius 1 is 1.15 bits per heavy atom. The first kappa shape index (κ1) is 13.0. The van der Waals surface area contributed by atoms with Crippen LogP contribution in [0.3, 0.4) is 0 Å². The average Bonchev–Trinajstić information content (AvgIpc) is 2.45. The highest BCUT2D eigenvalue weighted by Gasteiger charge is 2.21. The van der Waals surface area contributed by atoms with E-state index in [4.69, 9.17) is 8.92 Å². The second-order valence-electron chi connectivity index (χ2n) is 4.40. The minimum absolute atomic E-state index is 0.209. The van der Waals surface area contributed by atoms with Crippen molar-refractivity contribution in [2.75, 3.05) is 0 Å². The van der Waals surface area contributed by atoms with Crippen molar-refractivity contribution >= 4 is 10.3 Å². The number of nitrogens with one attached hydrogen (secondary N) is 1. The Morgan fingerprint density at radius 2 is 1.95 bits per heavy atom. The first-order chi connectivity index (χ1) is 9.62. The van der Waals surface area contributed by atoms with Gasteiger partial charge in [-0.3, -0.25) is 0 Å². The maximum Gasteiger partial charge on any atom is 0.382 e. The second-order valence-corrected chi connectivity index (χ2v) is 5.77. The van der Waals surface area contributed by atoms with Crippen molar-refractivity contribution < 1.29 is 17.3 Å². The van der Waals surface area contributed by atoms with E-state index >= 15 is 0 Å². The van der Waals surface area contributed by atoms with Crippen LogP contribution in [0.1, 0.15) is 11.1 Å². The van der Waals surface area contributed by atoms with Crippen LogP contribution in [0.25, 0.3) is 0 Å². The maximum atomic E-state index is 11.2. The summed E-state index contributed by atoms with van der Waals surface area (Å²) in [6.45, 7) is 0.673. The van der Waals surface area contributed by atoms with Gasteiger partial charge in [-0.2, -0.15) is 13.1 Å². The number of hydrogen-bond donors (Lipinski definition) is 1. The van der Waals surface area contributed by atoms with E-state index in [9.17, 15) is 8.42 Å². The molecule has 0 aromatic heterocycles. The molecule has 20 heavy (non-hydrogen) atoms. The van der Waals surface area contributed by atoms with Crippen molar-refractivity contribution in [3.8, 4) is 11.5 Å². The lowest BCUT2D eigenvalue weighted by molar-refractivity contribution is 0.305. The van der Waals surface area contributed by atoms with Gasteiger partial charge >= 0.3 is 10.3 Å². The first-order valence-corrected chi connectivity index (χ1v) is 7.52. The summed E-state index contributed by atoms with van der Waals surface area (Å²) in [7, 11) is -3.66.